The number of nitrogens with two attached hydrogens (primary N) is 1. The Morgan fingerprint density at radius 3 is 2.84 bits per heavy atom. The van der Waals surface area contributed by atoms with Gasteiger partial charge in [-0.2, -0.15) is 5.10 Å². The summed E-state index contributed by atoms with van der Waals surface area (Å²) in [6, 6.07) is 0. The Bertz CT molecular complexity index is 808. The minimum absolute atomic E-state index is 0.124. The van der Waals surface area contributed by atoms with Crippen LogP contribution in [0, 0.1) is 0 Å². The predicted octanol–water partition coefficient (Wildman–Crippen LogP) is -2.10. The molecule has 0 spiro atoms. The van der Waals surface area contributed by atoms with Gasteiger partial charge in [0.2, 0.25) is 0 Å². The van der Waals surface area contributed by atoms with Crippen molar-refractivity contribution in [1.82, 2.24) is 19.7 Å². The SMILES string of the molecule is CONc1ncnc2c1c(C(N)=O)nn2[C@@H]1O[C@H](CO)[C@@H](O)[C@@]1(C)O. The number of rotatable bonds is 5. The van der Waals surface area contributed by atoms with Crippen LogP contribution in [-0.4, -0.2) is 72.5 Å². The van der Waals surface area contributed by atoms with Crippen molar-refractivity contribution in [3.63, 3.8) is 0 Å². The van der Waals surface area contributed by atoms with Crippen LogP contribution in [0.3, 0.4) is 0 Å². The minimum atomic E-state index is -1.80. The predicted molar refractivity (Wildman–Crippen MR) is 82.1 cm³/mol. The van der Waals surface area contributed by atoms with Crippen LogP contribution in [0.4, 0.5) is 5.82 Å². The first kappa shape index (κ1) is 17.4. The van der Waals surface area contributed by atoms with E-state index in [9.17, 15) is 20.1 Å². The lowest BCUT2D eigenvalue weighted by Crippen LogP contribution is -2.44. The molecule has 3 heterocycles. The Morgan fingerprint density at radius 2 is 2.28 bits per heavy atom. The first-order valence-electron chi connectivity index (χ1n) is 7.31. The van der Waals surface area contributed by atoms with Crippen LogP contribution in [-0.2, 0) is 9.57 Å². The highest BCUT2D eigenvalue weighted by molar-refractivity contribution is 6.07. The van der Waals surface area contributed by atoms with E-state index < -0.39 is 36.6 Å². The number of carbonyl (C=O) groups excluding carboxylic acids is 1. The lowest BCUT2D eigenvalue weighted by atomic mass is 9.97. The van der Waals surface area contributed by atoms with Crippen molar-refractivity contribution in [2.75, 3.05) is 19.2 Å². The van der Waals surface area contributed by atoms with Crippen molar-refractivity contribution < 1.29 is 29.7 Å². The number of anilines is 1. The number of carbonyl (C=O) groups is 1. The molecule has 0 aliphatic carbocycles. The quantitative estimate of drug-likeness (QED) is 0.373. The van der Waals surface area contributed by atoms with Crippen LogP contribution in [0.15, 0.2) is 6.33 Å². The highest BCUT2D eigenvalue weighted by atomic mass is 16.6. The fraction of sp³-hybridized carbons (Fsp3) is 0.538. The molecule has 25 heavy (non-hydrogen) atoms. The number of hydrogen-bond acceptors (Lipinski definition) is 10. The Morgan fingerprint density at radius 1 is 1.56 bits per heavy atom. The molecule has 1 fully saturated rings. The van der Waals surface area contributed by atoms with Gasteiger partial charge in [0.1, 0.15) is 24.1 Å². The van der Waals surface area contributed by atoms with Gasteiger partial charge in [0.25, 0.3) is 5.91 Å². The van der Waals surface area contributed by atoms with Gasteiger partial charge in [-0.15, -0.1) is 0 Å². The number of aliphatic hydroxyl groups excluding tert-OH is 2. The van der Waals surface area contributed by atoms with E-state index in [1.807, 2.05) is 0 Å². The third-order valence-electron chi connectivity index (χ3n) is 4.08. The van der Waals surface area contributed by atoms with Crippen LogP contribution >= 0.6 is 0 Å². The van der Waals surface area contributed by atoms with Gasteiger partial charge in [-0.25, -0.2) is 20.1 Å². The summed E-state index contributed by atoms with van der Waals surface area (Å²) >= 11 is 0. The smallest absolute Gasteiger partial charge is 0.270 e. The van der Waals surface area contributed by atoms with Gasteiger partial charge in [-0.05, 0) is 6.92 Å². The van der Waals surface area contributed by atoms with E-state index in [2.05, 4.69) is 20.5 Å². The maximum Gasteiger partial charge on any atom is 0.270 e. The molecule has 6 N–H and O–H groups in total. The highest BCUT2D eigenvalue weighted by Gasteiger charge is 2.54. The average molecular weight is 354 g/mol. The van der Waals surface area contributed by atoms with Crippen molar-refractivity contribution >= 4 is 22.8 Å². The molecule has 1 saturated heterocycles. The molecule has 0 bridgehead atoms. The molecule has 12 nitrogen and oxygen atoms in total. The van der Waals surface area contributed by atoms with Crippen molar-refractivity contribution in [1.29, 1.82) is 0 Å². The number of nitrogens with zero attached hydrogens (tertiary/aromatic N) is 4. The Kier molecular flexibility index (Phi) is 4.30. The van der Waals surface area contributed by atoms with E-state index in [-0.39, 0.29) is 22.5 Å². The fourth-order valence-electron chi connectivity index (χ4n) is 2.83. The first-order chi connectivity index (χ1) is 11.8. The normalized spacial score (nSPS) is 29.2. The number of nitrogens with one attached hydrogen (secondary N) is 1. The lowest BCUT2D eigenvalue weighted by molar-refractivity contribution is -0.100. The Hall–Kier alpha value is -2.38. The molecule has 0 radical (unpaired) electrons. The van der Waals surface area contributed by atoms with Gasteiger partial charge in [-0.1, -0.05) is 0 Å². The van der Waals surface area contributed by atoms with E-state index in [1.165, 1.54) is 20.4 Å². The van der Waals surface area contributed by atoms with Crippen LogP contribution in [0.2, 0.25) is 0 Å². The van der Waals surface area contributed by atoms with Gasteiger partial charge < -0.3 is 25.8 Å². The second-order valence-corrected chi connectivity index (χ2v) is 5.76. The molecule has 4 atom stereocenters. The Labute approximate surface area is 141 Å². The molecule has 2 aromatic rings. The van der Waals surface area contributed by atoms with Crippen molar-refractivity contribution in [2.45, 2.75) is 31.0 Å². The summed E-state index contributed by atoms with van der Waals surface area (Å²) in [5.41, 5.74) is 6.02. The maximum atomic E-state index is 11.8. The van der Waals surface area contributed by atoms with Crippen molar-refractivity contribution in [3.05, 3.63) is 12.0 Å². The highest BCUT2D eigenvalue weighted by Crippen LogP contribution is 2.39. The molecule has 1 aliphatic heterocycles. The molecule has 1 amide bonds. The Balaban J connectivity index is 2.21. The summed E-state index contributed by atoms with van der Waals surface area (Å²) < 4.78 is 6.63. The van der Waals surface area contributed by atoms with Crippen molar-refractivity contribution in [2.24, 2.45) is 5.73 Å². The zero-order valence-electron chi connectivity index (χ0n) is 13.4. The molecule has 1 aliphatic rings. The molecule has 12 heteroatoms. The molecule has 0 aromatic carbocycles. The molecule has 3 rings (SSSR count). The van der Waals surface area contributed by atoms with Crippen molar-refractivity contribution in [3.8, 4) is 0 Å². The number of fused-ring (bicyclic) bond motifs is 1. The van der Waals surface area contributed by atoms with Gasteiger partial charge in [0, 0.05) is 0 Å². The summed E-state index contributed by atoms with van der Waals surface area (Å²) in [5.74, 6) is -0.709. The minimum Gasteiger partial charge on any atom is -0.394 e. The van der Waals surface area contributed by atoms with Gasteiger partial charge in [0.05, 0.1) is 19.1 Å². The second-order valence-electron chi connectivity index (χ2n) is 5.76. The topological polar surface area (TPSA) is 178 Å². The molecule has 0 saturated carbocycles. The number of ether oxygens (including phenoxy) is 1. The molecular formula is C13H18N6O6. The summed E-state index contributed by atoms with van der Waals surface area (Å²) in [4.78, 5) is 24.6. The molecule has 136 valence electrons. The van der Waals surface area contributed by atoms with Gasteiger partial charge in [0.15, 0.2) is 23.4 Å². The largest absolute Gasteiger partial charge is 0.394 e. The zero-order chi connectivity index (χ0) is 18.4. The number of aliphatic hydroxyl groups is 3. The van der Waals surface area contributed by atoms with Crippen LogP contribution < -0.4 is 11.2 Å². The summed E-state index contributed by atoms with van der Waals surface area (Å²) in [5, 5.41) is 34.3. The summed E-state index contributed by atoms with van der Waals surface area (Å²) in [6.45, 7) is 0.812. The summed E-state index contributed by atoms with van der Waals surface area (Å²) in [6.07, 6.45) is -2.44. The van der Waals surface area contributed by atoms with E-state index in [1.54, 1.807) is 0 Å². The zero-order valence-corrected chi connectivity index (χ0v) is 13.4. The average Bonchev–Trinajstić information content (AvgIpc) is 3.05. The van der Waals surface area contributed by atoms with E-state index >= 15 is 0 Å². The first-order valence-corrected chi connectivity index (χ1v) is 7.31. The number of aromatic nitrogens is 4. The van der Waals surface area contributed by atoms with Crippen LogP contribution in [0.25, 0.3) is 11.0 Å². The van der Waals surface area contributed by atoms with Crippen LogP contribution in [0.5, 0.6) is 0 Å². The number of primary amides is 1. The van der Waals surface area contributed by atoms with E-state index in [0.717, 1.165) is 4.68 Å². The van der Waals surface area contributed by atoms with Gasteiger partial charge in [-0.3, -0.25) is 9.63 Å². The molecule has 0 unspecified atom stereocenters. The summed E-state index contributed by atoms with van der Waals surface area (Å²) in [7, 11) is 1.36. The van der Waals surface area contributed by atoms with E-state index in [0.29, 0.717) is 0 Å². The number of amides is 1. The molecule has 2 aromatic heterocycles. The molecular weight excluding hydrogens is 336 g/mol. The van der Waals surface area contributed by atoms with E-state index in [4.69, 9.17) is 15.3 Å². The van der Waals surface area contributed by atoms with Gasteiger partial charge >= 0.3 is 0 Å². The third kappa shape index (κ3) is 2.60. The van der Waals surface area contributed by atoms with Crippen LogP contribution in [0.1, 0.15) is 23.6 Å². The third-order valence-corrected chi connectivity index (χ3v) is 4.08. The maximum absolute atomic E-state index is 11.8. The number of hydrogen-bond donors (Lipinski definition) is 5. The fourth-order valence-corrected chi connectivity index (χ4v) is 2.83. The second kappa shape index (κ2) is 6.16. The monoisotopic (exact) mass is 354 g/mol. The lowest BCUT2D eigenvalue weighted by Gasteiger charge is -2.26. The standard InChI is InChI=1S/C13H18N6O6/c1-13(23)8(21)5(3-20)25-12(13)19-11-6(7(17-19)9(14)22)10(18-24-2)15-4-16-11/h4-5,8,12,20-21,23H,3H2,1-2H3,(H2,14,22)(H,15,16,18)/t5-,8-,12-,13-/m1/s1.